The molecule has 1 nitrogen and oxygen atoms in total. The molecule has 0 saturated heterocycles. The van der Waals surface area contributed by atoms with Gasteiger partial charge in [-0.1, -0.05) is 69.2 Å². The Bertz CT molecular complexity index is 1290. The number of benzene rings is 4. The number of allylic oxidation sites excluding steroid dienone is 4. The molecule has 1 aliphatic rings. The second-order valence-corrected chi connectivity index (χ2v) is 9.60. The molecule has 0 radical (unpaired) electrons. The molecule has 0 saturated carbocycles. The van der Waals surface area contributed by atoms with Crippen LogP contribution in [0.25, 0.3) is 11.1 Å². The topological polar surface area (TPSA) is 20.2 Å². The molecule has 4 aromatic rings. The van der Waals surface area contributed by atoms with E-state index in [1.165, 1.54) is 31.7 Å². The Morgan fingerprint density at radius 3 is 1.47 bits per heavy atom. The predicted molar refractivity (Wildman–Crippen MR) is 150 cm³/mol. The minimum absolute atomic E-state index is 0. The first-order chi connectivity index (χ1) is 17.4. The van der Waals surface area contributed by atoms with Crippen molar-refractivity contribution in [3.05, 3.63) is 149 Å². The fraction of sp³-hybridized carbons (Fsp3) is 0.147. The van der Waals surface area contributed by atoms with Crippen molar-refractivity contribution < 1.29 is 49.9 Å². The predicted octanol–water partition coefficient (Wildman–Crippen LogP) is 2.59. The summed E-state index contributed by atoms with van der Waals surface area (Å²) in [5.74, 6) is 0.867. The molecule has 4 heteroatoms. The van der Waals surface area contributed by atoms with Crippen molar-refractivity contribution >= 4 is 3.81 Å². The van der Waals surface area contributed by atoms with E-state index in [0.717, 1.165) is 11.1 Å². The molecule has 195 valence electrons. The van der Waals surface area contributed by atoms with Crippen molar-refractivity contribution in [2.24, 2.45) is 5.92 Å². The molecule has 0 aliphatic heterocycles. The summed E-state index contributed by atoms with van der Waals surface area (Å²) in [7, 11) is 0. The van der Waals surface area contributed by atoms with Gasteiger partial charge in [-0.15, -0.1) is 6.92 Å². The SMILES string of the molecule is CC1=[C-]C(C)C(C)=C1C.Oc1cccc(-c2ccccc2)c1.[Cl-].[Cl-].[Ti+]=[C](c1ccccc1)c1ccccc1. The fourth-order valence-electron chi connectivity index (χ4n) is 3.85. The number of phenols is 1. The van der Waals surface area contributed by atoms with Crippen molar-refractivity contribution in [3.8, 4) is 16.9 Å². The monoisotopic (exact) mass is 575 g/mol. The van der Waals surface area contributed by atoms with Gasteiger partial charge in [-0.05, 0) is 23.3 Å². The Kier molecular flexibility index (Phi) is 14.9. The zero-order valence-electron chi connectivity index (χ0n) is 22.3. The van der Waals surface area contributed by atoms with E-state index in [9.17, 15) is 5.11 Å². The fourth-order valence-corrected chi connectivity index (χ4v) is 4.37. The van der Waals surface area contributed by atoms with E-state index in [-0.39, 0.29) is 24.8 Å². The van der Waals surface area contributed by atoms with Crippen LogP contribution in [-0.2, 0) is 20.0 Å². The van der Waals surface area contributed by atoms with Crippen LogP contribution in [0.3, 0.4) is 0 Å². The van der Waals surface area contributed by atoms with Gasteiger partial charge in [0.1, 0.15) is 5.75 Å². The normalized spacial score (nSPS) is 13.4. The van der Waals surface area contributed by atoms with E-state index < -0.39 is 0 Å². The second-order valence-electron chi connectivity index (χ2n) is 8.82. The first-order valence-corrected chi connectivity index (χ1v) is 13.0. The van der Waals surface area contributed by atoms with Gasteiger partial charge < -0.3 is 29.9 Å². The molecule has 0 amide bonds. The van der Waals surface area contributed by atoms with Gasteiger partial charge in [0.25, 0.3) is 0 Å². The quantitative estimate of drug-likeness (QED) is 0.294. The minimum atomic E-state index is 0. The summed E-state index contributed by atoms with van der Waals surface area (Å²) in [4.78, 5) is 0. The molecule has 5 rings (SSSR count). The molecule has 0 spiro atoms. The Morgan fingerprint density at radius 2 is 1.11 bits per heavy atom. The average Bonchev–Trinajstić information content (AvgIpc) is 3.15. The van der Waals surface area contributed by atoms with Crippen LogP contribution in [0, 0.1) is 12.0 Å². The van der Waals surface area contributed by atoms with Gasteiger partial charge in [0.2, 0.25) is 0 Å². The van der Waals surface area contributed by atoms with Crippen LogP contribution in [0.4, 0.5) is 0 Å². The second kappa shape index (κ2) is 17.0. The van der Waals surface area contributed by atoms with Crippen LogP contribution in [0.1, 0.15) is 38.8 Å². The standard InChI is InChI=1S/C13H10.C12H10O.C9H13.2ClH.Ti/c1-3-7-12(8-4-1)11-13-9-5-2-6-10-13;13-12-8-4-7-11(9-12)10-5-2-1-3-6-10;1-6-5-7(2)9(4)8(6)3;;;/h1-10H;1-9,13H;6H,1-4H3;2*1H;/q;;-1;;;+1/p-2. The van der Waals surface area contributed by atoms with E-state index >= 15 is 0 Å². The van der Waals surface area contributed by atoms with Gasteiger partial charge in [-0.2, -0.15) is 11.1 Å². The summed E-state index contributed by atoms with van der Waals surface area (Å²) < 4.78 is 1.33. The summed E-state index contributed by atoms with van der Waals surface area (Å²) in [6.07, 6.45) is 3.36. The third-order valence-corrected chi connectivity index (χ3v) is 7.22. The Morgan fingerprint density at radius 1 is 0.658 bits per heavy atom. The third kappa shape index (κ3) is 9.89. The summed E-state index contributed by atoms with van der Waals surface area (Å²) in [6, 6.07) is 38.2. The maximum atomic E-state index is 9.27. The molecular formula is C34H33Cl2OTi-2. The Balaban J connectivity index is 0.000000284. The summed E-state index contributed by atoms with van der Waals surface area (Å²) in [5, 5.41) is 9.27. The van der Waals surface area contributed by atoms with E-state index in [1.807, 2.05) is 54.6 Å². The third-order valence-electron chi connectivity index (χ3n) is 6.31. The van der Waals surface area contributed by atoms with Gasteiger partial charge >= 0.3 is 95.6 Å². The Hall–Kier alpha value is -2.68. The van der Waals surface area contributed by atoms with Gasteiger partial charge in [0.05, 0.1) is 0 Å². The first-order valence-electron chi connectivity index (χ1n) is 12.2. The average molecular weight is 576 g/mol. The summed E-state index contributed by atoms with van der Waals surface area (Å²) >= 11 is 2.16. The Labute approximate surface area is 252 Å². The van der Waals surface area contributed by atoms with Crippen molar-refractivity contribution in [3.63, 3.8) is 0 Å². The van der Waals surface area contributed by atoms with Crippen LogP contribution < -0.4 is 24.8 Å². The summed E-state index contributed by atoms with van der Waals surface area (Å²) in [5.41, 5.74) is 8.99. The number of phenolic OH excluding ortho intramolecular Hbond substituents is 1. The van der Waals surface area contributed by atoms with Crippen molar-refractivity contribution in [2.75, 3.05) is 0 Å². The molecule has 0 aromatic heterocycles. The molecule has 0 fully saturated rings. The molecule has 1 unspecified atom stereocenters. The number of hydrogen-bond acceptors (Lipinski definition) is 1. The molecule has 4 aromatic carbocycles. The zero-order chi connectivity index (χ0) is 25.9. The van der Waals surface area contributed by atoms with Gasteiger partial charge in [-0.3, -0.25) is 6.08 Å². The van der Waals surface area contributed by atoms with E-state index in [4.69, 9.17) is 0 Å². The van der Waals surface area contributed by atoms with Crippen LogP contribution in [0.2, 0.25) is 0 Å². The molecule has 1 atom stereocenters. The van der Waals surface area contributed by atoms with E-state index in [0.29, 0.717) is 11.7 Å². The molecule has 0 bridgehead atoms. The van der Waals surface area contributed by atoms with Crippen LogP contribution in [0.15, 0.2) is 132 Å². The van der Waals surface area contributed by atoms with Gasteiger partial charge in [0, 0.05) is 0 Å². The number of aromatic hydroxyl groups is 1. The number of hydrogen-bond donors (Lipinski definition) is 1. The first kappa shape index (κ1) is 33.4. The van der Waals surface area contributed by atoms with Crippen LogP contribution in [-0.4, -0.2) is 8.92 Å². The van der Waals surface area contributed by atoms with Crippen molar-refractivity contribution in [2.45, 2.75) is 27.7 Å². The molecule has 1 aliphatic carbocycles. The number of halogens is 2. The molecule has 0 heterocycles. The van der Waals surface area contributed by atoms with Gasteiger partial charge in [0.15, 0.2) is 0 Å². The summed E-state index contributed by atoms with van der Waals surface area (Å²) in [6.45, 7) is 8.67. The van der Waals surface area contributed by atoms with E-state index in [1.54, 1.807) is 12.1 Å². The van der Waals surface area contributed by atoms with Gasteiger partial charge in [-0.25, -0.2) is 5.57 Å². The van der Waals surface area contributed by atoms with Crippen LogP contribution >= 0.6 is 0 Å². The van der Waals surface area contributed by atoms with Crippen molar-refractivity contribution in [1.82, 2.24) is 0 Å². The molecular weight excluding hydrogens is 543 g/mol. The van der Waals surface area contributed by atoms with Crippen molar-refractivity contribution in [1.29, 1.82) is 0 Å². The zero-order valence-corrected chi connectivity index (χ0v) is 25.3. The molecule has 38 heavy (non-hydrogen) atoms. The molecule has 1 N–H and O–H groups in total. The van der Waals surface area contributed by atoms with E-state index in [2.05, 4.69) is 102 Å². The maximum absolute atomic E-state index is 9.27. The number of rotatable bonds is 3. The van der Waals surface area contributed by atoms with Crippen LogP contribution in [0.5, 0.6) is 5.75 Å².